The Labute approximate surface area is 85.3 Å². The molecule has 0 bridgehead atoms. The van der Waals surface area contributed by atoms with Crippen molar-refractivity contribution >= 4 is 22.8 Å². The first-order chi connectivity index (χ1) is 7.33. The van der Waals surface area contributed by atoms with E-state index in [0.29, 0.717) is 5.95 Å². The highest BCUT2D eigenvalue weighted by Gasteiger charge is 2.12. The molecular formula is C9H10N6. The van der Waals surface area contributed by atoms with Crippen molar-refractivity contribution in [2.75, 3.05) is 5.43 Å². The average molecular weight is 202 g/mol. The highest BCUT2D eigenvalue weighted by molar-refractivity contribution is 5.82. The van der Waals surface area contributed by atoms with Gasteiger partial charge in [0.15, 0.2) is 0 Å². The van der Waals surface area contributed by atoms with Crippen LogP contribution in [0.3, 0.4) is 0 Å². The number of rotatable bonds is 1. The van der Waals surface area contributed by atoms with E-state index in [-0.39, 0.29) is 0 Å². The van der Waals surface area contributed by atoms with E-state index in [1.165, 1.54) is 0 Å². The molecule has 2 heterocycles. The fourth-order valence-corrected chi connectivity index (χ4v) is 1.85. The minimum Gasteiger partial charge on any atom is -0.311 e. The Morgan fingerprint density at radius 2 is 1.93 bits per heavy atom. The topological polar surface area (TPSA) is 73.2 Å². The predicted molar refractivity (Wildman–Crippen MR) is 57.3 cm³/mol. The molecule has 3 rings (SSSR count). The van der Waals surface area contributed by atoms with Crippen LogP contribution in [0, 0.1) is 0 Å². The van der Waals surface area contributed by atoms with E-state index in [4.69, 9.17) is 5.84 Å². The second-order valence-corrected chi connectivity index (χ2v) is 3.35. The zero-order valence-corrected chi connectivity index (χ0v) is 8.18. The summed E-state index contributed by atoms with van der Waals surface area (Å²) in [7, 11) is 1.95. The Morgan fingerprint density at radius 1 is 1.20 bits per heavy atom. The van der Waals surface area contributed by atoms with Gasteiger partial charge in [-0.15, -0.1) is 10.2 Å². The first-order valence-corrected chi connectivity index (χ1v) is 4.58. The van der Waals surface area contributed by atoms with Crippen LogP contribution in [0.15, 0.2) is 24.3 Å². The molecule has 0 saturated heterocycles. The van der Waals surface area contributed by atoms with Gasteiger partial charge in [-0.05, 0) is 12.1 Å². The smallest absolute Gasteiger partial charge is 0.245 e. The molecule has 6 heteroatoms. The number of anilines is 1. The van der Waals surface area contributed by atoms with Gasteiger partial charge in [0.25, 0.3) is 0 Å². The molecule has 0 unspecified atom stereocenters. The maximum absolute atomic E-state index is 5.38. The number of hydrogen-bond donors (Lipinski definition) is 2. The second-order valence-electron chi connectivity index (χ2n) is 3.35. The number of nitrogens with one attached hydrogen (secondary N) is 1. The van der Waals surface area contributed by atoms with Gasteiger partial charge in [0.1, 0.15) is 0 Å². The van der Waals surface area contributed by atoms with Gasteiger partial charge in [-0.25, -0.2) is 10.2 Å². The van der Waals surface area contributed by atoms with Gasteiger partial charge in [-0.2, -0.15) is 0 Å². The lowest BCUT2D eigenvalue weighted by molar-refractivity contribution is 0.953. The fourth-order valence-electron chi connectivity index (χ4n) is 1.85. The van der Waals surface area contributed by atoms with E-state index in [1.807, 2.05) is 40.3 Å². The van der Waals surface area contributed by atoms with Crippen molar-refractivity contribution in [2.24, 2.45) is 12.9 Å². The number of nitrogens with zero attached hydrogens (tertiary/aromatic N) is 4. The molecule has 0 fully saturated rings. The summed E-state index contributed by atoms with van der Waals surface area (Å²) in [5.74, 6) is 6.69. The van der Waals surface area contributed by atoms with Gasteiger partial charge < -0.3 is 4.57 Å². The lowest BCUT2D eigenvalue weighted by Gasteiger charge is -1.95. The van der Waals surface area contributed by atoms with Crippen LogP contribution in [0.1, 0.15) is 0 Å². The molecule has 15 heavy (non-hydrogen) atoms. The van der Waals surface area contributed by atoms with Crippen molar-refractivity contribution in [1.29, 1.82) is 0 Å². The van der Waals surface area contributed by atoms with Gasteiger partial charge in [0.2, 0.25) is 11.7 Å². The van der Waals surface area contributed by atoms with Gasteiger partial charge in [-0.3, -0.25) is 5.43 Å². The van der Waals surface area contributed by atoms with Crippen LogP contribution in [0.4, 0.5) is 5.95 Å². The third-order valence-electron chi connectivity index (χ3n) is 2.56. The molecule has 0 atom stereocenters. The maximum atomic E-state index is 5.38. The van der Waals surface area contributed by atoms with Crippen LogP contribution in [0.5, 0.6) is 0 Å². The second kappa shape index (κ2) is 2.71. The Kier molecular flexibility index (Phi) is 1.49. The number of benzene rings is 1. The molecular weight excluding hydrogens is 192 g/mol. The van der Waals surface area contributed by atoms with Crippen LogP contribution < -0.4 is 11.3 Å². The van der Waals surface area contributed by atoms with Crippen molar-refractivity contribution in [3.05, 3.63) is 24.3 Å². The first kappa shape index (κ1) is 8.25. The van der Waals surface area contributed by atoms with E-state index < -0.39 is 0 Å². The van der Waals surface area contributed by atoms with Crippen molar-refractivity contribution in [3.63, 3.8) is 0 Å². The maximum Gasteiger partial charge on any atom is 0.245 e. The summed E-state index contributed by atoms with van der Waals surface area (Å²) >= 11 is 0. The normalized spacial score (nSPS) is 11.3. The largest absolute Gasteiger partial charge is 0.311 e. The van der Waals surface area contributed by atoms with Crippen LogP contribution >= 0.6 is 0 Å². The molecule has 2 aromatic heterocycles. The summed E-state index contributed by atoms with van der Waals surface area (Å²) in [6.45, 7) is 0. The summed E-state index contributed by atoms with van der Waals surface area (Å²) in [6.07, 6.45) is 0. The number of aryl methyl sites for hydroxylation is 1. The summed E-state index contributed by atoms with van der Waals surface area (Å²) in [4.78, 5) is 0. The monoisotopic (exact) mass is 202 g/mol. The first-order valence-electron chi connectivity index (χ1n) is 4.58. The van der Waals surface area contributed by atoms with Gasteiger partial charge in [0.05, 0.1) is 11.0 Å². The molecule has 0 aliphatic carbocycles. The van der Waals surface area contributed by atoms with E-state index in [2.05, 4.69) is 15.6 Å². The zero-order valence-electron chi connectivity index (χ0n) is 8.18. The molecule has 0 radical (unpaired) electrons. The van der Waals surface area contributed by atoms with Crippen LogP contribution in [-0.2, 0) is 7.05 Å². The number of imidazole rings is 1. The van der Waals surface area contributed by atoms with Crippen LogP contribution in [-0.4, -0.2) is 19.2 Å². The number of hydrazine groups is 1. The number of para-hydroxylation sites is 2. The third kappa shape index (κ3) is 0.909. The lowest BCUT2D eigenvalue weighted by atomic mass is 10.3. The average Bonchev–Trinajstić information content (AvgIpc) is 2.81. The molecule has 0 aliphatic heterocycles. The molecule has 6 nitrogen and oxygen atoms in total. The summed E-state index contributed by atoms with van der Waals surface area (Å²) in [5.41, 5.74) is 4.66. The highest BCUT2D eigenvalue weighted by Crippen LogP contribution is 2.20. The number of hydrogen-bond acceptors (Lipinski definition) is 4. The zero-order chi connectivity index (χ0) is 10.4. The molecule has 1 aromatic carbocycles. The minimum absolute atomic E-state index is 0.543. The minimum atomic E-state index is 0.543. The number of nitrogen functional groups attached to an aromatic ring is 1. The van der Waals surface area contributed by atoms with Crippen LogP contribution in [0.25, 0.3) is 16.8 Å². The standard InChI is InChI=1S/C9H10N6/c1-14-6-4-2-3-5-7(6)15-8(11-10)12-13-9(14)15/h2-5H,10H2,1H3,(H,11,12). The Hall–Kier alpha value is -2.08. The number of fused-ring (bicyclic) bond motifs is 3. The van der Waals surface area contributed by atoms with Gasteiger partial charge >= 0.3 is 0 Å². The molecule has 0 amide bonds. The lowest BCUT2D eigenvalue weighted by Crippen LogP contribution is -2.09. The van der Waals surface area contributed by atoms with Crippen molar-refractivity contribution in [2.45, 2.75) is 0 Å². The molecule has 0 saturated carbocycles. The SMILES string of the molecule is Cn1c2ccccc2n2c(NN)nnc12. The Bertz CT molecular complexity index is 634. The summed E-state index contributed by atoms with van der Waals surface area (Å²) in [6, 6.07) is 8.00. The molecule has 0 aliphatic rings. The van der Waals surface area contributed by atoms with E-state index in [9.17, 15) is 0 Å². The number of aromatic nitrogens is 4. The van der Waals surface area contributed by atoms with E-state index >= 15 is 0 Å². The van der Waals surface area contributed by atoms with Gasteiger partial charge in [-0.1, -0.05) is 12.1 Å². The summed E-state index contributed by atoms with van der Waals surface area (Å²) in [5, 5.41) is 8.00. The van der Waals surface area contributed by atoms with E-state index in [1.54, 1.807) is 0 Å². The Balaban J connectivity index is 2.60. The summed E-state index contributed by atoms with van der Waals surface area (Å²) < 4.78 is 3.86. The quantitative estimate of drug-likeness (QED) is 0.445. The highest BCUT2D eigenvalue weighted by atomic mass is 15.4. The van der Waals surface area contributed by atoms with E-state index in [0.717, 1.165) is 16.8 Å². The molecule has 3 N–H and O–H groups in total. The molecule has 76 valence electrons. The van der Waals surface area contributed by atoms with Crippen molar-refractivity contribution in [1.82, 2.24) is 19.2 Å². The fraction of sp³-hybridized carbons (Fsp3) is 0.111. The molecule has 3 aromatic rings. The van der Waals surface area contributed by atoms with Crippen LogP contribution in [0.2, 0.25) is 0 Å². The van der Waals surface area contributed by atoms with Gasteiger partial charge in [0, 0.05) is 7.05 Å². The molecule has 0 spiro atoms. The number of nitrogens with two attached hydrogens (primary N) is 1. The van der Waals surface area contributed by atoms with Crippen molar-refractivity contribution in [3.8, 4) is 0 Å². The van der Waals surface area contributed by atoms with Crippen molar-refractivity contribution < 1.29 is 0 Å². The predicted octanol–water partition coefficient (Wildman–Crippen LogP) is 0.507. The Morgan fingerprint density at radius 3 is 2.67 bits per heavy atom. The third-order valence-corrected chi connectivity index (χ3v) is 2.56.